The third-order valence-corrected chi connectivity index (χ3v) is 4.84. The monoisotopic (exact) mass is 413 g/mol. The number of ether oxygens (including phenoxy) is 3. The molecule has 1 aromatic rings. The minimum Gasteiger partial charge on any atom is -0.490 e. The van der Waals surface area contributed by atoms with Gasteiger partial charge in [-0.1, -0.05) is 46.2 Å². The molecule has 1 saturated heterocycles. The maximum Gasteiger partial charge on any atom is 0.120 e. The Balaban J connectivity index is 0. The average Bonchev–Trinajstić information content (AvgIpc) is 2.74. The molecule has 0 atom stereocenters. The van der Waals surface area contributed by atoms with Crippen molar-refractivity contribution in [3.63, 3.8) is 0 Å². The highest BCUT2D eigenvalue weighted by Gasteiger charge is 2.15. The van der Waals surface area contributed by atoms with Crippen molar-refractivity contribution < 1.29 is 20.7 Å². The number of aliphatic hydroxyl groups is 1. The van der Waals surface area contributed by atoms with Gasteiger partial charge in [0.15, 0.2) is 0 Å². The van der Waals surface area contributed by atoms with Gasteiger partial charge in [-0.15, -0.1) is 0 Å². The number of nitrogens with one attached hydrogen (secondary N) is 1. The Morgan fingerprint density at radius 3 is 2.48 bits per heavy atom. The van der Waals surface area contributed by atoms with Crippen LogP contribution < -0.4 is 10.1 Å². The fourth-order valence-electron chi connectivity index (χ4n) is 2.62. The van der Waals surface area contributed by atoms with Crippen LogP contribution >= 0.6 is 0 Å². The first kappa shape index (κ1) is 27.9. The van der Waals surface area contributed by atoms with E-state index in [-0.39, 0.29) is 1.43 Å². The van der Waals surface area contributed by atoms with Crippen LogP contribution in [-0.2, 0) is 16.0 Å². The lowest BCUT2D eigenvalue weighted by molar-refractivity contribution is 0.0255. The average molecular weight is 414 g/mol. The highest BCUT2D eigenvalue weighted by molar-refractivity contribution is 5.28. The largest absolute Gasteiger partial charge is 0.490 e. The maximum atomic E-state index is 7.00. The normalized spacial score (nSPS) is 14.3. The molecule has 5 nitrogen and oxygen atoms in total. The molecule has 0 radical (unpaired) electrons. The number of unbranched alkanes of at least 4 members (excludes halogenated alkanes) is 1. The number of rotatable bonds is 10. The summed E-state index contributed by atoms with van der Waals surface area (Å²) in [5, 5.41) is 10.1. The molecule has 0 unspecified atom stereocenters. The smallest absolute Gasteiger partial charge is 0.120 e. The fraction of sp³-hybridized carbons (Fsp3) is 0.750. The molecule has 1 heterocycles. The van der Waals surface area contributed by atoms with Gasteiger partial charge in [-0.25, -0.2) is 0 Å². The van der Waals surface area contributed by atoms with E-state index in [2.05, 4.69) is 45.1 Å². The molecule has 0 amide bonds. The van der Waals surface area contributed by atoms with E-state index < -0.39 is 0 Å². The summed E-state index contributed by atoms with van der Waals surface area (Å²) in [6.45, 7) is 13.3. The van der Waals surface area contributed by atoms with Crippen LogP contribution in [0.5, 0.6) is 5.75 Å². The minimum atomic E-state index is 0. The van der Waals surface area contributed by atoms with E-state index in [1.165, 1.54) is 24.8 Å². The molecule has 29 heavy (non-hydrogen) atoms. The molecule has 1 aliphatic heterocycles. The molecule has 5 heteroatoms. The summed E-state index contributed by atoms with van der Waals surface area (Å²) in [5.74, 6) is 0.972. The zero-order chi connectivity index (χ0) is 22.0. The summed E-state index contributed by atoms with van der Waals surface area (Å²) in [5.41, 5.74) is 1.63. The van der Waals surface area contributed by atoms with E-state index in [4.69, 9.17) is 19.3 Å². The Morgan fingerprint density at radius 2 is 1.90 bits per heavy atom. The van der Waals surface area contributed by atoms with Crippen LogP contribution in [0, 0.1) is 5.41 Å². The summed E-state index contributed by atoms with van der Waals surface area (Å²) in [4.78, 5) is 0. The van der Waals surface area contributed by atoms with Gasteiger partial charge in [-0.05, 0) is 43.0 Å². The predicted octanol–water partition coefficient (Wildman–Crippen LogP) is 5.06. The lowest BCUT2D eigenvalue weighted by Crippen LogP contribution is -2.25. The molecule has 1 fully saturated rings. The van der Waals surface area contributed by atoms with Crippen molar-refractivity contribution in [1.29, 1.82) is 0 Å². The van der Waals surface area contributed by atoms with Crippen molar-refractivity contribution in [1.82, 2.24) is 5.32 Å². The van der Waals surface area contributed by atoms with Crippen molar-refractivity contribution in [2.24, 2.45) is 5.41 Å². The van der Waals surface area contributed by atoms with Crippen LogP contribution in [0.4, 0.5) is 0 Å². The number of aliphatic hydroxyl groups excluding tert-OH is 1. The van der Waals surface area contributed by atoms with Crippen LogP contribution in [0.2, 0.25) is 0 Å². The van der Waals surface area contributed by atoms with Gasteiger partial charge in [0, 0.05) is 34.5 Å². The van der Waals surface area contributed by atoms with Gasteiger partial charge in [0.25, 0.3) is 0 Å². The van der Waals surface area contributed by atoms with Crippen LogP contribution in [-0.4, -0.2) is 51.8 Å². The zero-order valence-electron chi connectivity index (χ0n) is 19.6. The van der Waals surface area contributed by atoms with Crippen molar-refractivity contribution in [2.75, 3.05) is 40.6 Å². The standard InChI is InChI=1S/C13H19NO2.C10H22O.CH4O.H2/c1-14-10-11-3-2-4-13(9-11)16-12-5-7-15-8-6-12;1-5-7-8-11-9-10(3,4)6-2;1-2;/h2-4,9,12,14H,5-8,10H2,1H3;5-9H2,1-4H3;2H,1H3;1H. The maximum absolute atomic E-state index is 7.00. The van der Waals surface area contributed by atoms with Crippen molar-refractivity contribution >= 4 is 0 Å². The first-order valence-electron chi connectivity index (χ1n) is 11.0. The Bertz CT molecular complexity index is 494. The Hall–Kier alpha value is -1.14. The number of hydrogen-bond acceptors (Lipinski definition) is 5. The van der Waals surface area contributed by atoms with Gasteiger partial charge in [-0.3, -0.25) is 0 Å². The Labute approximate surface area is 180 Å². The molecule has 1 aromatic carbocycles. The molecule has 0 bridgehead atoms. The van der Waals surface area contributed by atoms with E-state index in [0.29, 0.717) is 11.5 Å². The topological polar surface area (TPSA) is 60.0 Å². The summed E-state index contributed by atoms with van der Waals surface area (Å²) in [7, 11) is 2.95. The highest BCUT2D eigenvalue weighted by atomic mass is 16.5. The second-order valence-electron chi connectivity index (χ2n) is 8.03. The molecule has 0 aromatic heterocycles. The molecule has 172 valence electrons. The molecular weight excluding hydrogens is 366 g/mol. The summed E-state index contributed by atoms with van der Waals surface area (Å²) < 4.78 is 16.8. The van der Waals surface area contributed by atoms with E-state index in [1.807, 2.05) is 19.2 Å². The third kappa shape index (κ3) is 14.5. The summed E-state index contributed by atoms with van der Waals surface area (Å²) in [6.07, 6.45) is 5.93. The van der Waals surface area contributed by atoms with Crippen LogP contribution in [0.3, 0.4) is 0 Å². The van der Waals surface area contributed by atoms with Crippen molar-refractivity contribution in [2.45, 2.75) is 72.4 Å². The second kappa shape index (κ2) is 17.7. The second-order valence-corrected chi connectivity index (χ2v) is 8.03. The van der Waals surface area contributed by atoms with Crippen molar-refractivity contribution in [3.05, 3.63) is 29.8 Å². The lowest BCUT2D eigenvalue weighted by Gasteiger charge is -2.23. The van der Waals surface area contributed by atoms with Gasteiger partial charge in [-0.2, -0.15) is 0 Å². The summed E-state index contributed by atoms with van der Waals surface area (Å²) >= 11 is 0. The molecule has 2 N–H and O–H groups in total. The Kier molecular flexibility index (Phi) is 17.0. The van der Waals surface area contributed by atoms with E-state index in [9.17, 15) is 0 Å². The van der Waals surface area contributed by atoms with E-state index in [1.54, 1.807) is 0 Å². The van der Waals surface area contributed by atoms with Crippen LogP contribution in [0.1, 0.15) is 66.8 Å². The number of hydrogen-bond donors (Lipinski definition) is 2. The lowest BCUT2D eigenvalue weighted by atomic mass is 9.92. The zero-order valence-corrected chi connectivity index (χ0v) is 19.6. The Morgan fingerprint density at radius 1 is 1.21 bits per heavy atom. The quantitative estimate of drug-likeness (QED) is 0.525. The summed E-state index contributed by atoms with van der Waals surface area (Å²) in [6, 6.07) is 8.27. The molecule has 1 aliphatic rings. The van der Waals surface area contributed by atoms with E-state index in [0.717, 1.165) is 58.7 Å². The van der Waals surface area contributed by atoms with Gasteiger partial charge in [0.2, 0.25) is 0 Å². The van der Waals surface area contributed by atoms with Gasteiger partial charge >= 0.3 is 0 Å². The molecule has 0 aliphatic carbocycles. The fourth-order valence-corrected chi connectivity index (χ4v) is 2.62. The molecule has 0 spiro atoms. The van der Waals surface area contributed by atoms with E-state index >= 15 is 0 Å². The van der Waals surface area contributed by atoms with Gasteiger partial charge < -0.3 is 24.6 Å². The number of benzene rings is 1. The SMILES string of the molecule is CCCCOCC(C)(C)CC.CNCc1cccc(OC2CCOCC2)c1.CO.[HH]. The van der Waals surface area contributed by atoms with Crippen LogP contribution in [0.25, 0.3) is 0 Å². The highest BCUT2D eigenvalue weighted by Crippen LogP contribution is 2.20. The minimum absolute atomic E-state index is 0. The molecule has 2 rings (SSSR count). The molecule has 0 saturated carbocycles. The van der Waals surface area contributed by atoms with Gasteiger partial charge in [0.05, 0.1) is 19.8 Å². The first-order chi connectivity index (χ1) is 14.0. The van der Waals surface area contributed by atoms with Crippen LogP contribution in [0.15, 0.2) is 24.3 Å². The van der Waals surface area contributed by atoms with Crippen molar-refractivity contribution in [3.8, 4) is 5.75 Å². The third-order valence-electron chi connectivity index (χ3n) is 4.84. The first-order valence-corrected chi connectivity index (χ1v) is 11.0. The van der Waals surface area contributed by atoms with Gasteiger partial charge in [0.1, 0.15) is 11.9 Å². The predicted molar refractivity (Wildman–Crippen MR) is 124 cm³/mol. The molecular formula is C24H47NO4.